The highest BCUT2D eigenvalue weighted by Crippen LogP contribution is 2.42. The van der Waals surface area contributed by atoms with Crippen LogP contribution in [0.4, 0.5) is 13.2 Å². The molecule has 2 rings (SSSR count). The first-order valence-corrected chi connectivity index (χ1v) is 6.60. The molecule has 0 aliphatic carbocycles. The Morgan fingerprint density at radius 3 is 1.95 bits per heavy atom. The van der Waals surface area contributed by atoms with Crippen molar-refractivity contribution in [3.8, 4) is 11.3 Å². The summed E-state index contributed by atoms with van der Waals surface area (Å²) in [6.07, 6.45) is -4.60. The van der Waals surface area contributed by atoms with Gasteiger partial charge in [0.25, 0.3) is 0 Å². The van der Waals surface area contributed by atoms with Gasteiger partial charge < -0.3 is 0 Å². The first kappa shape index (κ1) is 15.7. The van der Waals surface area contributed by atoms with Crippen LogP contribution in [0.3, 0.4) is 0 Å². The van der Waals surface area contributed by atoms with E-state index in [2.05, 4.69) is 4.98 Å². The van der Waals surface area contributed by atoms with Gasteiger partial charge in [-0.1, -0.05) is 46.4 Å². The van der Waals surface area contributed by atoms with Gasteiger partial charge >= 0.3 is 6.18 Å². The van der Waals surface area contributed by atoms with Gasteiger partial charge in [-0.2, -0.15) is 13.2 Å². The summed E-state index contributed by atoms with van der Waals surface area (Å²) in [5, 5.41) is 0.228. The molecule has 0 saturated carbocycles. The number of benzene rings is 1. The molecule has 1 aromatic carbocycles. The molecule has 2 aromatic rings. The molecule has 20 heavy (non-hydrogen) atoms. The van der Waals surface area contributed by atoms with Gasteiger partial charge in [0, 0.05) is 5.56 Å². The molecule has 0 atom stereocenters. The van der Waals surface area contributed by atoms with Crippen molar-refractivity contribution < 1.29 is 13.2 Å². The van der Waals surface area contributed by atoms with Crippen molar-refractivity contribution in [2.75, 3.05) is 0 Å². The van der Waals surface area contributed by atoms with Crippen LogP contribution in [0.5, 0.6) is 0 Å². The fourth-order valence-electron chi connectivity index (χ4n) is 1.52. The van der Waals surface area contributed by atoms with E-state index in [0.717, 1.165) is 12.1 Å². The van der Waals surface area contributed by atoms with Crippen LogP contribution in [0.15, 0.2) is 24.3 Å². The summed E-state index contributed by atoms with van der Waals surface area (Å²) >= 11 is 23.6. The molecule has 0 unspecified atom stereocenters. The number of hydrogen-bond acceptors (Lipinski definition) is 1. The van der Waals surface area contributed by atoms with Crippen molar-refractivity contribution in [1.82, 2.24) is 4.98 Å². The van der Waals surface area contributed by atoms with Crippen LogP contribution in [-0.2, 0) is 6.18 Å². The van der Waals surface area contributed by atoms with Gasteiger partial charge in [0.15, 0.2) is 0 Å². The van der Waals surface area contributed by atoms with Crippen molar-refractivity contribution in [2.24, 2.45) is 0 Å². The smallest absolute Gasteiger partial charge is 0.242 e. The molecule has 0 N–H and O–H groups in total. The van der Waals surface area contributed by atoms with E-state index in [0.29, 0.717) is 0 Å². The number of pyridine rings is 1. The molecule has 0 aliphatic rings. The molecule has 1 aromatic heterocycles. The Morgan fingerprint density at radius 2 is 1.35 bits per heavy atom. The summed E-state index contributed by atoms with van der Waals surface area (Å²) in [6.45, 7) is 0. The maximum Gasteiger partial charge on any atom is 0.433 e. The summed E-state index contributed by atoms with van der Waals surface area (Å²) < 4.78 is 38.1. The first-order valence-electron chi connectivity index (χ1n) is 5.09. The number of hydrogen-bond donors (Lipinski definition) is 0. The fraction of sp³-hybridized carbons (Fsp3) is 0.0833. The van der Waals surface area contributed by atoms with Gasteiger partial charge in [0.1, 0.15) is 5.69 Å². The lowest BCUT2D eigenvalue weighted by atomic mass is 10.1. The predicted octanol–water partition coefficient (Wildman–Crippen LogP) is 6.38. The fourth-order valence-corrected chi connectivity index (χ4v) is 2.43. The first-order chi connectivity index (χ1) is 9.21. The Kier molecular flexibility index (Phi) is 4.40. The summed E-state index contributed by atoms with van der Waals surface area (Å²) in [5.41, 5.74) is -1.19. The third kappa shape index (κ3) is 2.98. The molecular weight excluding hydrogens is 357 g/mol. The highest BCUT2D eigenvalue weighted by Gasteiger charge is 2.33. The second-order valence-electron chi connectivity index (χ2n) is 3.74. The number of halogens is 7. The van der Waals surface area contributed by atoms with Gasteiger partial charge in [-0.15, -0.1) is 0 Å². The molecule has 0 amide bonds. The molecule has 0 saturated heterocycles. The monoisotopic (exact) mass is 359 g/mol. The summed E-state index contributed by atoms with van der Waals surface area (Å²) in [7, 11) is 0. The number of aromatic nitrogens is 1. The van der Waals surface area contributed by atoms with Crippen molar-refractivity contribution in [3.63, 3.8) is 0 Å². The summed E-state index contributed by atoms with van der Waals surface area (Å²) in [6, 6.07) is 4.69. The second-order valence-corrected chi connectivity index (χ2v) is 5.34. The third-order valence-corrected chi connectivity index (χ3v) is 3.84. The van der Waals surface area contributed by atoms with Crippen LogP contribution in [0, 0.1) is 0 Å². The molecule has 0 spiro atoms. The number of rotatable bonds is 1. The molecule has 106 valence electrons. The van der Waals surface area contributed by atoms with E-state index in [1.807, 2.05) is 0 Å². The standard InChI is InChI=1S/C12H4Cl4F3N/c13-5-1-2-6(14)10(16)9(5)11-7(15)3-4-8(20-11)12(17,18)19/h1-4H. The molecule has 0 aliphatic heterocycles. The lowest BCUT2D eigenvalue weighted by Gasteiger charge is -2.12. The van der Waals surface area contributed by atoms with E-state index in [4.69, 9.17) is 46.4 Å². The quantitative estimate of drug-likeness (QED) is 0.537. The number of nitrogens with zero attached hydrogens (tertiary/aromatic N) is 1. The SMILES string of the molecule is FC(F)(F)c1ccc(Cl)c(-c2c(Cl)ccc(Cl)c2Cl)n1. The molecule has 0 radical (unpaired) electrons. The van der Waals surface area contributed by atoms with Gasteiger partial charge in [-0.3, -0.25) is 0 Å². The van der Waals surface area contributed by atoms with Crippen LogP contribution in [0.2, 0.25) is 20.1 Å². The molecule has 0 fully saturated rings. The average molecular weight is 361 g/mol. The van der Waals surface area contributed by atoms with E-state index in [1.54, 1.807) is 0 Å². The zero-order chi connectivity index (χ0) is 15.1. The van der Waals surface area contributed by atoms with Crippen LogP contribution in [0.25, 0.3) is 11.3 Å². The minimum Gasteiger partial charge on any atom is -0.242 e. The van der Waals surface area contributed by atoms with E-state index in [1.165, 1.54) is 12.1 Å². The van der Waals surface area contributed by atoms with Crippen LogP contribution in [-0.4, -0.2) is 4.98 Å². The largest absolute Gasteiger partial charge is 0.433 e. The van der Waals surface area contributed by atoms with Gasteiger partial charge in [-0.05, 0) is 24.3 Å². The van der Waals surface area contributed by atoms with Gasteiger partial charge in [0.05, 0.1) is 25.8 Å². The van der Waals surface area contributed by atoms with E-state index in [9.17, 15) is 13.2 Å². The second kappa shape index (κ2) is 5.60. The Morgan fingerprint density at radius 1 is 0.800 bits per heavy atom. The average Bonchev–Trinajstić information content (AvgIpc) is 2.35. The summed E-state index contributed by atoms with van der Waals surface area (Å²) in [4.78, 5) is 3.49. The Hall–Kier alpha value is -0.680. The molecule has 0 bridgehead atoms. The Labute approximate surface area is 132 Å². The zero-order valence-corrected chi connectivity index (χ0v) is 12.4. The Balaban J connectivity index is 2.73. The van der Waals surface area contributed by atoms with Crippen LogP contribution >= 0.6 is 46.4 Å². The topological polar surface area (TPSA) is 12.9 Å². The third-order valence-electron chi connectivity index (χ3n) is 2.42. The maximum atomic E-state index is 12.7. The van der Waals surface area contributed by atoms with E-state index in [-0.39, 0.29) is 31.3 Å². The minimum absolute atomic E-state index is 0.00658. The van der Waals surface area contributed by atoms with E-state index < -0.39 is 11.9 Å². The molecular formula is C12H4Cl4F3N. The van der Waals surface area contributed by atoms with Crippen LogP contribution < -0.4 is 0 Å². The summed E-state index contributed by atoms with van der Waals surface area (Å²) in [5.74, 6) is 0. The minimum atomic E-state index is -4.60. The molecule has 8 heteroatoms. The Bertz CT molecular complexity index is 670. The predicted molar refractivity (Wildman–Crippen MR) is 74.7 cm³/mol. The highest BCUT2D eigenvalue weighted by atomic mass is 35.5. The van der Waals surface area contributed by atoms with Gasteiger partial charge in [0.2, 0.25) is 0 Å². The van der Waals surface area contributed by atoms with E-state index >= 15 is 0 Å². The van der Waals surface area contributed by atoms with Crippen molar-refractivity contribution in [1.29, 1.82) is 0 Å². The lowest BCUT2D eigenvalue weighted by molar-refractivity contribution is -0.141. The molecule has 1 heterocycles. The van der Waals surface area contributed by atoms with Crippen molar-refractivity contribution >= 4 is 46.4 Å². The van der Waals surface area contributed by atoms with Crippen LogP contribution in [0.1, 0.15) is 5.69 Å². The van der Waals surface area contributed by atoms with Gasteiger partial charge in [-0.25, -0.2) is 4.98 Å². The molecule has 1 nitrogen and oxygen atoms in total. The zero-order valence-electron chi connectivity index (χ0n) is 9.40. The van der Waals surface area contributed by atoms with Crippen molar-refractivity contribution in [3.05, 3.63) is 50.0 Å². The highest BCUT2D eigenvalue weighted by molar-refractivity contribution is 6.46. The lowest BCUT2D eigenvalue weighted by Crippen LogP contribution is -2.08. The number of alkyl halides is 3. The van der Waals surface area contributed by atoms with Crippen molar-refractivity contribution in [2.45, 2.75) is 6.18 Å². The normalized spacial score (nSPS) is 11.8. The maximum absolute atomic E-state index is 12.7.